The van der Waals surface area contributed by atoms with Gasteiger partial charge in [-0.2, -0.15) is 0 Å². The van der Waals surface area contributed by atoms with Gasteiger partial charge in [0, 0.05) is 25.9 Å². The minimum Gasteiger partial charge on any atom is -0.457 e. The molecule has 2 heterocycles. The first-order chi connectivity index (χ1) is 14.6. The van der Waals surface area contributed by atoms with Gasteiger partial charge < -0.3 is 10.1 Å². The third kappa shape index (κ3) is 3.77. The van der Waals surface area contributed by atoms with Crippen molar-refractivity contribution in [1.82, 2.24) is 15.2 Å². The van der Waals surface area contributed by atoms with E-state index in [1.165, 1.54) is 18.1 Å². The molecule has 150 valence electrons. The van der Waals surface area contributed by atoms with Crippen molar-refractivity contribution < 1.29 is 19.1 Å². The number of amides is 3. The van der Waals surface area contributed by atoms with E-state index in [-0.39, 0.29) is 30.0 Å². The molecule has 0 spiro atoms. The Morgan fingerprint density at radius 2 is 1.67 bits per heavy atom. The Balaban J connectivity index is 1.44. The molecule has 1 aromatic heterocycles. The van der Waals surface area contributed by atoms with Crippen molar-refractivity contribution in [3.63, 3.8) is 0 Å². The molecule has 0 atom stereocenters. The lowest BCUT2D eigenvalue weighted by atomic mass is 10.1. The number of aromatic nitrogens is 1. The third-order valence-electron chi connectivity index (χ3n) is 4.83. The maximum Gasteiger partial charge on any atom is 0.269 e. The van der Waals surface area contributed by atoms with Crippen LogP contribution in [0.15, 0.2) is 66.9 Å². The van der Waals surface area contributed by atoms with Crippen LogP contribution in [-0.2, 0) is 6.42 Å². The highest BCUT2D eigenvalue weighted by molar-refractivity contribution is 6.21. The van der Waals surface area contributed by atoms with Crippen LogP contribution in [-0.4, -0.2) is 41.2 Å². The number of rotatable bonds is 6. The van der Waals surface area contributed by atoms with Gasteiger partial charge in [0.1, 0.15) is 17.2 Å². The van der Waals surface area contributed by atoms with E-state index in [1.807, 2.05) is 18.2 Å². The highest BCUT2D eigenvalue weighted by Crippen LogP contribution is 2.25. The first kappa shape index (κ1) is 19.3. The zero-order valence-electron chi connectivity index (χ0n) is 16.3. The maximum absolute atomic E-state index is 12.5. The van der Waals surface area contributed by atoms with E-state index in [1.54, 1.807) is 42.5 Å². The summed E-state index contributed by atoms with van der Waals surface area (Å²) in [6.07, 6.45) is 2.01. The number of benzene rings is 2. The number of hydrogen-bond donors (Lipinski definition) is 1. The molecular weight excluding hydrogens is 382 g/mol. The van der Waals surface area contributed by atoms with Crippen LogP contribution in [0.3, 0.4) is 0 Å². The predicted molar refractivity (Wildman–Crippen MR) is 110 cm³/mol. The topological polar surface area (TPSA) is 88.6 Å². The molecule has 0 saturated heterocycles. The van der Waals surface area contributed by atoms with Crippen LogP contribution < -0.4 is 10.1 Å². The van der Waals surface area contributed by atoms with Crippen molar-refractivity contribution in [1.29, 1.82) is 0 Å². The summed E-state index contributed by atoms with van der Waals surface area (Å²) < 4.78 is 5.85. The van der Waals surface area contributed by atoms with Gasteiger partial charge in [0.05, 0.1) is 11.1 Å². The first-order valence-electron chi connectivity index (χ1n) is 9.47. The Morgan fingerprint density at radius 1 is 0.967 bits per heavy atom. The smallest absolute Gasteiger partial charge is 0.269 e. The van der Waals surface area contributed by atoms with Crippen molar-refractivity contribution in [2.24, 2.45) is 0 Å². The van der Waals surface area contributed by atoms with E-state index in [0.717, 1.165) is 5.56 Å². The van der Waals surface area contributed by atoms with Crippen molar-refractivity contribution in [3.8, 4) is 11.5 Å². The predicted octanol–water partition coefficient (Wildman–Crippen LogP) is 3.07. The summed E-state index contributed by atoms with van der Waals surface area (Å²) in [4.78, 5) is 42.0. The van der Waals surface area contributed by atoms with Crippen LogP contribution in [0.25, 0.3) is 0 Å². The van der Waals surface area contributed by atoms with E-state index in [4.69, 9.17) is 4.74 Å². The lowest BCUT2D eigenvalue weighted by Crippen LogP contribution is -2.31. The van der Waals surface area contributed by atoms with E-state index >= 15 is 0 Å². The van der Waals surface area contributed by atoms with Crippen molar-refractivity contribution in [3.05, 3.63) is 89.2 Å². The molecule has 7 nitrogen and oxygen atoms in total. The fourth-order valence-electron chi connectivity index (χ4n) is 3.31. The zero-order chi connectivity index (χ0) is 21.1. The Labute approximate surface area is 173 Å². The Hall–Kier alpha value is -4.00. The molecule has 0 radical (unpaired) electrons. The average Bonchev–Trinajstić information content (AvgIpc) is 3.02. The third-order valence-corrected chi connectivity index (χ3v) is 4.83. The minimum absolute atomic E-state index is 0.261. The molecule has 1 N–H and O–H groups in total. The average molecular weight is 401 g/mol. The molecule has 3 aromatic rings. The molecule has 2 aromatic carbocycles. The summed E-state index contributed by atoms with van der Waals surface area (Å²) >= 11 is 0. The number of carbonyl (C=O) groups is 3. The van der Waals surface area contributed by atoms with Crippen LogP contribution in [0.4, 0.5) is 0 Å². The van der Waals surface area contributed by atoms with Gasteiger partial charge in [-0.15, -0.1) is 0 Å². The second-order valence-electron chi connectivity index (χ2n) is 6.76. The molecule has 0 unspecified atom stereocenters. The van der Waals surface area contributed by atoms with Crippen molar-refractivity contribution >= 4 is 17.7 Å². The molecule has 7 heteroatoms. The lowest BCUT2D eigenvalue weighted by Gasteiger charge is -2.14. The van der Waals surface area contributed by atoms with Crippen LogP contribution in [0.2, 0.25) is 0 Å². The van der Waals surface area contributed by atoms with Crippen LogP contribution >= 0.6 is 0 Å². The molecule has 30 heavy (non-hydrogen) atoms. The van der Waals surface area contributed by atoms with E-state index in [2.05, 4.69) is 10.3 Å². The summed E-state index contributed by atoms with van der Waals surface area (Å²) in [5.74, 6) is 0.253. The molecule has 0 saturated carbocycles. The second-order valence-corrected chi connectivity index (χ2v) is 6.76. The standard InChI is InChI=1S/C23H19N3O4/c1-24-21(27)20-14-17(9-11-25-20)30-16-6-4-5-15(13-16)10-12-26-22(28)18-7-2-3-8-19(18)23(26)29/h2-9,11,13-14H,10,12H2,1H3,(H,24,27). The molecular formula is C23H19N3O4. The minimum atomic E-state index is -0.296. The largest absolute Gasteiger partial charge is 0.457 e. The monoisotopic (exact) mass is 401 g/mol. The number of fused-ring (bicyclic) bond motifs is 1. The maximum atomic E-state index is 12.5. The summed E-state index contributed by atoms with van der Waals surface area (Å²) in [5.41, 5.74) is 2.08. The number of ether oxygens (including phenoxy) is 1. The van der Waals surface area contributed by atoms with E-state index in [9.17, 15) is 14.4 Å². The quantitative estimate of drug-likeness (QED) is 0.642. The number of pyridine rings is 1. The van der Waals surface area contributed by atoms with E-state index < -0.39 is 0 Å². The van der Waals surface area contributed by atoms with Gasteiger partial charge in [0.15, 0.2) is 0 Å². The van der Waals surface area contributed by atoms with Gasteiger partial charge in [-0.3, -0.25) is 24.3 Å². The molecule has 0 aliphatic carbocycles. The Kier molecular flexibility index (Phi) is 5.26. The first-order valence-corrected chi connectivity index (χ1v) is 9.47. The van der Waals surface area contributed by atoms with Crippen LogP contribution in [0.5, 0.6) is 11.5 Å². The van der Waals surface area contributed by atoms with Gasteiger partial charge in [-0.25, -0.2) is 0 Å². The molecule has 0 fully saturated rings. The second kappa shape index (κ2) is 8.16. The summed E-state index contributed by atoms with van der Waals surface area (Å²) in [7, 11) is 1.54. The molecule has 0 bridgehead atoms. The van der Waals surface area contributed by atoms with Gasteiger partial charge in [0.2, 0.25) is 0 Å². The SMILES string of the molecule is CNC(=O)c1cc(Oc2cccc(CCN3C(=O)c4ccccc4C3=O)c2)ccn1. The van der Waals surface area contributed by atoms with E-state index in [0.29, 0.717) is 29.0 Å². The zero-order valence-corrected chi connectivity index (χ0v) is 16.3. The van der Waals surface area contributed by atoms with Crippen molar-refractivity contribution in [2.45, 2.75) is 6.42 Å². The van der Waals surface area contributed by atoms with Gasteiger partial charge >= 0.3 is 0 Å². The summed E-state index contributed by atoms with van der Waals surface area (Å²) in [6, 6.07) is 17.5. The number of imide groups is 1. The number of nitrogens with one attached hydrogen (secondary N) is 1. The molecule has 4 rings (SSSR count). The van der Waals surface area contributed by atoms with Gasteiger partial charge in [0.25, 0.3) is 17.7 Å². The van der Waals surface area contributed by atoms with Gasteiger partial charge in [-0.1, -0.05) is 24.3 Å². The Morgan fingerprint density at radius 3 is 2.37 bits per heavy atom. The summed E-state index contributed by atoms with van der Waals surface area (Å²) in [6.45, 7) is 0.284. The van der Waals surface area contributed by atoms with Gasteiger partial charge in [-0.05, 0) is 42.3 Å². The fourth-order valence-corrected chi connectivity index (χ4v) is 3.31. The van der Waals surface area contributed by atoms with Crippen LogP contribution in [0.1, 0.15) is 36.8 Å². The fraction of sp³-hybridized carbons (Fsp3) is 0.130. The van der Waals surface area contributed by atoms with Crippen molar-refractivity contribution in [2.75, 3.05) is 13.6 Å². The number of carbonyl (C=O) groups excluding carboxylic acids is 3. The molecule has 1 aliphatic rings. The normalized spacial score (nSPS) is 12.6. The summed E-state index contributed by atoms with van der Waals surface area (Å²) in [5, 5.41) is 2.52. The van der Waals surface area contributed by atoms with Crippen LogP contribution in [0, 0.1) is 0 Å². The highest BCUT2D eigenvalue weighted by atomic mass is 16.5. The molecule has 1 aliphatic heterocycles. The number of nitrogens with zero attached hydrogens (tertiary/aromatic N) is 2. The Bertz CT molecular complexity index is 1110. The highest BCUT2D eigenvalue weighted by Gasteiger charge is 2.34. The molecule has 3 amide bonds. The number of hydrogen-bond acceptors (Lipinski definition) is 5. The lowest BCUT2D eigenvalue weighted by molar-refractivity contribution is 0.0655.